The zero-order valence-electron chi connectivity index (χ0n) is 12.1. The maximum atomic E-state index is 12.6. The van der Waals surface area contributed by atoms with E-state index in [0.717, 1.165) is 7.11 Å². The molecular formula is C13H13F3N4O3. The Morgan fingerprint density at radius 2 is 2.13 bits per heavy atom. The summed E-state index contributed by atoms with van der Waals surface area (Å²) in [6, 6.07) is 1.59. The summed E-state index contributed by atoms with van der Waals surface area (Å²) in [6.07, 6.45) is -0.644. The van der Waals surface area contributed by atoms with E-state index in [0.29, 0.717) is 4.90 Å². The molecule has 2 aromatic heterocycles. The first kappa shape index (κ1) is 16.7. The predicted molar refractivity (Wildman–Crippen MR) is 71.6 cm³/mol. The van der Waals surface area contributed by atoms with Crippen LogP contribution >= 0.6 is 0 Å². The maximum Gasteiger partial charge on any atom is 0.406 e. The standard InChI is InChI=1S/C13H13F3N4O3/c1-23-10(21)3-6-20(8-13(14,15)16)11(22)9-7-19-5-2-4-17-12(19)18-9/h2,4-5,7H,3,6,8H2,1H3. The van der Waals surface area contributed by atoms with Crippen LogP contribution in [0.2, 0.25) is 0 Å². The van der Waals surface area contributed by atoms with Crippen molar-refractivity contribution in [3.05, 3.63) is 30.4 Å². The minimum atomic E-state index is -4.59. The van der Waals surface area contributed by atoms with Gasteiger partial charge in [0.05, 0.1) is 13.5 Å². The Labute approximate surface area is 128 Å². The van der Waals surface area contributed by atoms with Crippen LogP contribution in [0.1, 0.15) is 16.9 Å². The molecule has 0 saturated heterocycles. The van der Waals surface area contributed by atoms with Crippen molar-refractivity contribution in [2.45, 2.75) is 12.6 Å². The van der Waals surface area contributed by atoms with Crippen LogP contribution in [-0.4, -0.2) is 57.5 Å². The maximum absolute atomic E-state index is 12.6. The number of hydrogen-bond donors (Lipinski definition) is 0. The van der Waals surface area contributed by atoms with Crippen LogP contribution in [0.5, 0.6) is 0 Å². The lowest BCUT2D eigenvalue weighted by molar-refractivity contribution is -0.147. The number of alkyl halides is 3. The van der Waals surface area contributed by atoms with Crippen LogP contribution in [0.15, 0.2) is 24.7 Å². The van der Waals surface area contributed by atoms with Gasteiger partial charge in [-0.15, -0.1) is 0 Å². The van der Waals surface area contributed by atoms with Gasteiger partial charge in [-0.1, -0.05) is 0 Å². The number of esters is 1. The minimum absolute atomic E-state index is 0.183. The van der Waals surface area contributed by atoms with Gasteiger partial charge in [-0.05, 0) is 6.07 Å². The van der Waals surface area contributed by atoms with Crippen molar-refractivity contribution in [3.63, 3.8) is 0 Å². The molecule has 2 heterocycles. The number of hydrogen-bond acceptors (Lipinski definition) is 5. The Hall–Kier alpha value is -2.65. The summed E-state index contributed by atoms with van der Waals surface area (Å²) in [5.41, 5.74) is -0.183. The van der Waals surface area contributed by atoms with Crippen LogP contribution in [0.4, 0.5) is 13.2 Å². The van der Waals surface area contributed by atoms with Crippen molar-refractivity contribution in [2.75, 3.05) is 20.2 Å². The number of carbonyl (C=O) groups excluding carboxylic acids is 2. The highest BCUT2D eigenvalue weighted by molar-refractivity contribution is 5.93. The third kappa shape index (κ3) is 4.41. The van der Waals surface area contributed by atoms with Gasteiger partial charge in [0.2, 0.25) is 5.78 Å². The highest BCUT2D eigenvalue weighted by Gasteiger charge is 2.34. The van der Waals surface area contributed by atoms with E-state index in [1.54, 1.807) is 12.3 Å². The van der Waals surface area contributed by atoms with Gasteiger partial charge in [0.1, 0.15) is 12.2 Å². The normalized spacial score (nSPS) is 11.5. The van der Waals surface area contributed by atoms with Gasteiger partial charge in [-0.2, -0.15) is 13.2 Å². The van der Waals surface area contributed by atoms with Crippen molar-refractivity contribution in [1.29, 1.82) is 0 Å². The number of fused-ring (bicyclic) bond motifs is 1. The molecule has 7 nitrogen and oxygen atoms in total. The Balaban J connectivity index is 2.21. The molecule has 0 radical (unpaired) electrons. The fourth-order valence-electron chi connectivity index (χ4n) is 1.89. The van der Waals surface area contributed by atoms with Crippen LogP contribution in [-0.2, 0) is 9.53 Å². The van der Waals surface area contributed by atoms with Crippen molar-refractivity contribution in [1.82, 2.24) is 19.3 Å². The van der Waals surface area contributed by atoms with E-state index in [9.17, 15) is 22.8 Å². The molecule has 0 atom stereocenters. The zero-order chi connectivity index (χ0) is 17.0. The van der Waals surface area contributed by atoms with Gasteiger partial charge in [-0.25, -0.2) is 9.97 Å². The van der Waals surface area contributed by atoms with Crippen molar-refractivity contribution in [3.8, 4) is 0 Å². The van der Waals surface area contributed by atoms with Gasteiger partial charge >= 0.3 is 12.1 Å². The second-order valence-corrected chi connectivity index (χ2v) is 4.62. The second kappa shape index (κ2) is 6.63. The lowest BCUT2D eigenvalue weighted by Gasteiger charge is -2.22. The molecule has 0 N–H and O–H groups in total. The molecule has 10 heteroatoms. The third-order valence-corrected chi connectivity index (χ3v) is 2.93. The van der Waals surface area contributed by atoms with Gasteiger partial charge in [0, 0.05) is 25.1 Å². The van der Waals surface area contributed by atoms with Crippen molar-refractivity contribution >= 4 is 17.7 Å². The van der Waals surface area contributed by atoms with E-state index in [2.05, 4.69) is 14.7 Å². The molecule has 23 heavy (non-hydrogen) atoms. The third-order valence-electron chi connectivity index (χ3n) is 2.93. The Morgan fingerprint density at radius 1 is 1.39 bits per heavy atom. The van der Waals surface area contributed by atoms with Crippen molar-refractivity contribution < 1.29 is 27.5 Å². The number of carbonyl (C=O) groups is 2. The number of rotatable bonds is 5. The smallest absolute Gasteiger partial charge is 0.406 e. The SMILES string of the molecule is COC(=O)CCN(CC(F)(F)F)C(=O)c1cn2cccnc2n1. The zero-order valence-corrected chi connectivity index (χ0v) is 12.1. The van der Waals surface area contributed by atoms with Crippen LogP contribution < -0.4 is 0 Å². The molecule has 2 aromatic rings. The molecular weight excluding hydrogens is 317 g/mol. The molecule has 0 spiro atoms. The Morgan fingerprint density at radius 3 is 2.74 bits per heavy atom. The first-order chi connectivity index (χ1) is 10.8. The molecule has 0 unspecified atom stereocenters. The quantitative estimate of drug-likeness (QED) is 0.772. The lowest BCUT2D eigenvalue weighted by atomic mass is 10.3. The Kier molecular flexibility index (Phi) is 4.82. The molecule has 2 rings (SSSR count). The number of halogens is 3. The first-order valence-electron chi connectivity index (χ1n) is 6.53. The van der Waals surface area contributed by atoms with E-state index in [4.69, 9.17) is 0 Å². The fourth-order valence-corrected chi connectivity index (χ4v) is 1.89. The molecule has 0 bridgehead atoms. The summed E-state index contributed by atoms with van der Waals surface area (Å²) in [4.78, 5) is 31.7. The number of nitrogens with zero attached hydrogens (tertiary/aromatic N) is 4. The number of aromatic nitrogens is 3. The molecule has 124 valence electrons. The summed E-state index contributed by atoms with van der Waals surface area (Å²) in [5.74, 6) is -1.45. The first-order valence-corrected chi connectivity index (χ1v) is 6.53. The van der Waals surface area contributed by atoms with Crippen LogP contribution in [0, 0.1) is 0 Å². The fraction of sp³-hybridized carbons (Fsp3) is 0.385. The monoisotopic (exact) mass is 330 g/mol. The van der Waals surface area contributed by atoms with E-state index in [-0.39, 0.29) is 17.9 Å². The molecule has 0 fully saturated rings. The average molecular weight is 330 g/mol. The van der Waals surface area contributed by atoms with Crippen molar-refractivity contribution in [2.24, 2.45) is 0 Å². The predicted octanol–water partition coefficient (Wildman–Crippen LogP) is 1.30. The highest BCUT2D eigenvalue weighted by Crippen LogP contribution is 2.18. The summed E-state index contributed by atoms with van der Waals surface area (Å²) in [6.45, 7) is -1.91. The van der Waals surface area contributed by atoms with Crippen LogP contribution in [0.3, 0.4) is 0 Å². The largest absolute Gasteiger partial charge is 0.469 e. The summed E-state index contributed by atoms with van der Waals surface area (Å²) >= 11 is 0. The van der Waals surface area contributed by atoms with E-state index < -0.39 is 31.1 Å². The van der Waals surface area contributed by atoms with Gasteiger partial charge in [-0.3, -0.25) is 14.0 Å². The number of amides is 1. The molecule has 0 saturated carbocycles. The van der Waals surface area contributed by atoms with E-state index in [1.807, 2.05) is 0 Å². The van der Waals surface area contributed by atoms with Gasteiger partial charge in [0.25, 0.3) is 5.91 Å². The molecule has 0 aliphatic heterocycles. The molecule has 1 amide bonds. The van der Waals surface area contributed by atoms with Gasteiger partial charge < -0.3 is 9.64 Å². The Bertz CT molecular complexity index is 681. The lowest BCUT2D eigenvalue weighted by Crippen LogP contribution is -2.40. The average Bonchev–Trinajstić information content (AvgIpc) is 2.93. The number of imidazole rings is 1. The topological polar surface area (TPSA) is 76.8 Å². The molecule has 0 aliphatic rings. The van der Waals surface area contributed by atoms with E-state index >= 15 is 0 Å². The van der Waals surface area contributed by atoms with Crippen LogP contribution in [0.25, 0.3) is 5.78 Å². The number of ether oxygens (including phenoxy) is 1. The summed E-state index contributed by atoms with van der Waals surface area (Å²) < 4.78 is 43.7. The minimum Gasteiger partial charge on any atom is -0.469 e. The van der Waals surface area contributed by atoms with Gasteiger partial charge in [0.15, 0.2) is 0 Å². The second-order valence-electron chi connectivity index (χ2n) is 4.62. The number of methoxy groups -OCH3 is 1. The molecule has 0 aromatic carbocycles. The summed E-state index contributed by atoms with van der Waals surface area (Å²) in [5, 5.41) is 0. The molecule has 0 aliphatic carbocycles. The van der Waals surface area contributed by atoms with E-state index in [1.165, 1.54) is 16.8 Å². The summed E-state index contributed by atoms with van der Waals surface area (Å²) in [7, 11) is 1.12. The highest BCUT2D eigenvalue weighted by atomic mass is 19.4.